The number of nitro groups is 1. The molecule has 1 rings (SSSR count). The van der Waals surface area contributed by atoms with Crippen LogP contribution >= 0.6 is 0 Å². The smallest absolute Gasteiger partial charge is 0.332 e. The van der Waals surface area contributed by atoms with Crippen LogP contribution in [-0.2, 0) is 16.0 Å². The number of carbonyl (C=O) groups excluding carboxylic acids is 1. The average Bonchev–Trinajstić information content (AvgIpc) is 2.27. The van der Waals surface area contributed by atoms with Crippen molar-refractivity contribution in [2.75, 3.05) is 6.61 Å². The number of hydrogen-bond acceptors (Lipinski definition) is 5. The summed E-state index contributed by atoms with van der Waals surface area (Å²) in [5, 5.41) is 10.5. The van der Waals surface area contributed by atoms with Crippen molar-refractivity contribution in [3.63, 3.8) is 0 Å². The molecule has 1 aromatic rings. The lowest BCUT2D eigenvalue weighted by atomic mass is 10.1. The standard InChI is InChI=1S/C10H9F3N2O4/c1-2-19-7(16)4-5-3-6(9(11)12)8(15(17)18)10(13)14-5/h3,9H,2,4H2,1H3. The van der Waals surface area contributed by atoms with E-state index >= 15 is 0 Å². The van der Waals surface area contributed by atoms with Gasteiger partial charge in [-0.3, -0.25) is 14.9 Å². The third-order valence-electron chi connectivity index (χ3n) is 2.08. The van der Waals surface area contributed by atoms with Gasteiger partial charge in [-0.05, 0) is 13.0 Å². The molecule has 0 saturated heterocycles. The van der Waals surface area contributed by atoms with Crippen LogP contribution in [0.1, 0.15) is 24.6 Å². The molecule has 0 bridgehead atoms. The van der Waals surface area contributed by atoms with Gasteiger partial charge < -0.3 is 4.74 Å². The minimum Gasteiger partial charge on any atom is -0.466 e. The molecule has 0 spiro atoms. The summed E-state index contributed by atoms with van der Waals surface area (Å²) < 4.78 is 43.1. The van der Waals surface area contributed by atoms with Crippen molar-refractivity contribution in [1.82, 2.24) is 4.98 Å². The van der Waals surface area contributed by atoms with Crippen LogP contribution in [0.25, 0.3) is 0 Å². The lowest BCUT2D eigenvalue weighted by Gasteiger charge is -2.06. The van der Waals surface area contributed by atoms with Crippen LogP contribution in [0.15, 0.2) is 6.07 Å². The van der Waals surface area contributed by atoms with Gasteiger partial charge in [-0.15, -0.1) is 0 Å². The Morgan fingerprint density at radius 2 is 2.21 bits per heavy atom. The highest BCUT2D eigenvalue weighted by Gasteiger charge is 2.29. The highest BCUT2D eigenvalue weighted by Crippen LogP contribution is 2.31. The molecule has 0 saturated carbocycles. The first-order valence-electron chi connectivity index (χ1n) is 5.14. The Balaban J connectivity index is 3.17. The molecule has 0 radical (unpaired) electrons. The van der Waals surface area contributed by atoms with Gasteiger partial charge in [-0.1, -0.05) is 0 Å². The Labute approximate surface area is 105 Å². The number of halogens is 3. The quantitative estimate of drug-likeness (QED) is 0.357. The number of esters is 1. The number of alkyl halides is 2. The largest absolute Gasteiger partial charge is 0.466 e. The molecule has 1 heterocycles. The van der Waals surface area contributed by atoms with E-state index in [1.165, 1.54) is 6.92 Å². The molecule has 104 valence electrons. The number of rotatable bonds is 5. The first-order chi connectivity index (χ1) is 8.86. The number of aromatic nitrogens is 1. The second-order valence-corrected chi connectivity index (χ2v) is 3.38. The predicted molar refractivity (Wildman–Crippen MR) is 56.1 cm³/mol. The lowest BCUT2D eigenvalue weighted by molar-refractivity contribution is -0.389. The van der Waals surface area contributed by atoms with E-state index < -0.39 is 40.9 Å². The summed E-state index contributed by atoms with van der Waals surface area (Å²) in [5.41, 5.74) is -2.85. The van der Waals surface area contributed by atoms with Crippen molar-refractivity contribution < 1.29 is 27.6 Å². The van der Waals surface area contributed by atoms with Gasteiger partial charge in [0.1, 0.15) is 5.56 Å². The first kappa shape index (κ1) is 14.9. The maximum atomic E-state index is 13.3. The number of ether oxygens (including phenoxy) is 1. The monoisotopic (exact) mass is 278 g/mol. The van der Waals surface area contributed by atoms with E-state index in [4.69, 9.17) is 0 Å². The van der Waals surface area contributed by atoms with Gasteiger partial charge in [-0.2, -0.15) is 4.39 Å². The summed E-state index contributed by atoms with van der Waals surface area (Å²) in [7, 11) is 0. The molecule has 1 aromatic heterocycles. The zero-order chi connectivity index (χ0) is 14.6. The second-order valence-electron chi connectivity index (χ2n) is 3.38. The highest BCUT2D eigenvalue weighted by atomic mass is 19.3. The van der Waals surface area contributed by atoms with Gasteiger partial charge in [-0.25, -0.2) is 13.8 Å². The molecule has 0 amide bonds. The average molecular weight is 278 g/mol. The molecule has 9 heteroatoms. The van der Waals surface area contributed by atoms with Crippen LogP contribution in [0.4, 0.5) is 18.9 Å². The van der Waals surface area contributed by atoms with E-state index in [0.717, 1.165) is 0 Å². The van der Waals surface area contributed by atoms with Gasteiger partial charge >= 0.3 is 11.7 Å². The summed E-state index contributed by atoms with van der Waals surface area (Å²) in [6.07, 6.45) is -3.79. The van der Waals surface area contributed by atoms with Crippen molar-refractivity contribution in [1.29, 1.82) is 0 Å². The molecule has 0 aliphatic rings. The van der Waals surface area contributed by atoms with Gasteiger partial charge in [0.15, 0.2) is 0 Å². The van der Waals surface area contributed by atoms with E-state index in [1.54, 1.807) is 0 Å². The van der Waals surface area contributed by atoms with Crippen molar-refractivity contribution in [3.8, 4) is 0 Å². The van der Waals surface area contributed by atoms with E-state index in [2.05, 4.69) is 9.72 Å². The first-order valence-corrected chi connectivity index (χ1v) is 5.14. The van der Waals surface area contributed by atoms with Crippen LogP contribution < -0.4 is 0 Å². The fourth-order valence-corrected chi connectivity index (χ4v) is 1.38. The van der Waals surface area contributed by atoms with Gasteiger partial charge in [0.05, 0.1) is 23.6 Å². The van der Waals surface area contributed by atoms with Crippen LogP contribution in [0.5, 0.6) is 0 Å². The molecule has 0 N–H and O–H groups in total. The minimum atomic E-state index is -3.25. The Morgan fingerprint density at radius 3 is 2.68 bits per heavy atom. The zero-order valence-corrected chi connectivity index (χ0v) is 9.73. The Kier molecular flexibility index (Phi) is 4.79. The minimum absolute atomic E-state index is 0.0655. The topological polar surface area (TPSA) is 82.3 Å². The molecule has 0 aliphatic heterocycles. The second kappa shape index (κ2) is 6.12. The Bertz CT molecular complexity index is 508. The lowest BCUT2D eigenvalue weighted by Crippen LogP contribution is -2.11. The molecule has 0 unspecified atom stereocenters. The van der Waals surface area contributed by atoms with Crippen molar-refractivity contribution in [3.05, 3.63) is 33.4 Å². The zero-order valence-electron chi connectivity index (χ0n) is 9.73. The molecule has 0 atom stereocenters. The van der Waals surface area contributed by atoms with Crippen LogP contribution in [-0.4, -0.2) is 22.5 Å². The van der Waals surface area contributed by atoms with Crippen molar-refractivity contribution in [2.45, 2.75) is 19.8 Å². The number of pyridine rings is 1. The molecule has 0 aliphatic carbocycles. The van der Waals surface area contributed by atoms with Crippen LogP contribution in [0.3, 0.4) is 0 Å². The van der Waals surface area contributed by atoms with Crippen molar-refractivity contribution in [2.24, 2.45) is 0 Å². The van der Waals surface area contributed by atoms with E-state index in [-0.39, 0.29) is 12.3 Å². The molecular formula is C10H9F3N2O4. The predicted octanol–water partition coefficient (Wildman–Crippen LogP) is 2.17. The summed E-state index contributed by atoms with van der Waals surface area (Å²) in [6, 6.07) is 0.628. The van der Waals surface area contributed by atoms with Crippen LogP contribution in [0.2, 0.25) is 0 Å². The summed E-state index contributed by atoms with van der Waals surface area (Å²) in [5.74, 6) is -2.44. The van der Waals surface area contributed by atoms with Crippen LogP contribution in [0, 0.1) is 16.1 Å². The van der Waals surface area contributed by atoms with Gasteiger partial charge in [0, 0.05) is 0 Å². The van der Waals surface area contributed by atoms with E-state index in [0.29, 0.717) is 6.07 Å². The fraction of sp³-hybridized carbons (Fsp3) is 0.400. The molecule has 0 fully saturated rings. The SMILES string of the molecule is CCOC(=O)Cc1cc(C(F)F)c([N+](=O)[O-])c(F)n1. The maximum absolute atomic E-state index is 13.3. The normalized spacial score (nSPS) is 10.6. The molecule has 6 nitrogen and oxygen atoms in total. The van der Waals surface area contributed by atoms with E-state index in [1.807, 2.05) is 0 Å². The highest BCUT2D eigenvalue weighted by molar-refractivity contribution is 5.72. The number of hydrogen-bond donors (Lipinski definition) is 0. The van der Waals surface area contributed by atoms with Gasteiger partial charge in [0.25, 0.3) is 12.4 Å². The Morgan fingerprint density at radius 1 is 1.58 bits per heavy atom. The summed E-state index contributed by atoms with van der Waals surface area (Å²) >= 11 is 0. The third-order valence-corrected chi connectivity index (χ3v) is 2.08. The van der Waals surface area contributed by atoms with Crippen molar-refractivity contribution >= 4 is 11.7 Å². The maximum Gasteiger partial charge on any atom is 0.332 e. The number of nitrogens with zero attached hydrogens (tertiary/aromatic N) is 2. The number of carbonyl (C=O) groups is 1. The molecular weight excluding hydrogens is 269 g/mol. The molecule has 0 aromatic carbocycles. The van der Waals surface area contributed by atoms with E-state index in [9.17, 15) is 28.1 Å². The third kappa shape index (κ3) is 3.63. The molecule has 19 heavy (non-hydrogen) atoms. The fourth-order valence-electron chi connectivity index (χ4n) is 1.38. The van der Waals surface area contributed by atoms with Gasteiger partial charge in [0.2, 0.25) is 0 Å². The Hall–Kier alpha value is -2.19. The summed E-state index contributed by atoms with van der Waals surface area (Å²) in [6.45, 7) is 1.60. The summed E-state index contributed by atoms with van der Waals surface area (Å²) in [4.78, 5) is 23.4.